The third-order valence-corrected chi connectivity index (χ3v) is 9.08. The van der Waals surface area contributed by atoms with Gasteiger partial charge in [0.15, 0.2) is 0 Å². The zero-order chi connectivity index (χ0) is 33.8. The quantitative estimate of drug-likeness (QED) is 0.198. The molecule has 2 aliphatic rings. The zero-order valence-electron chi connectivity index (χ0n) is 28.2. The van der Waals surface area contributed by atoms with Crippen LogP contribution in [0.3, 0.4) is 0 Å². The van der Waals surface area contributed by atoms with E-state index in [1.807, 2.05) is 88.4 Å². The van der Waals surface area contributed by atoms with E-state index in [0.717, 1.165) is 53.6 Å². The first-order valence-electron chi connectivity index (χ1n) is 16.7. The summed E-state index contributed by atoms with van der Waals surface area (Å²) >= 11 is 0. The summed E-state index contributed by atoms with van der Waals surface area (Å²) in [6, 6.07) is 20.0. The second-order valence-corrected chi connectivity index (χ2v) is 14.5. The van der Waals surface area contributed by atoms with E-state index in [9.17, 15) is 19.5 Å². The lowest BCUT2D eigenvalue weighted by molar-refractivity contribution is -0.122. The highest BCUT2D eigenvalue weighted by atomic mass is 16.6. The molecule has 0 bridgehead atoms. The Morgan fingerprint density at radius 1 is 0.936 bits per heavy atom. The number of ether oxygens (including phenoxy) is 1. The number of carbonyl (C=O) groups is 3. The molecule has 2 fully saturated rings. The minimum Gasteiger partial charge on any atom is -0.444 e. The van der Waals surface area contributed by atoms with Gasteiger partial charge in [-0.3, -0.25) is 14.6 Å². The van der Waals surface area contributed by atoms with Crippen LogP contribution < -0.4 is 16.0 Å². The van der Waals surface area contributed by atoms with Crippen LogP contribution in [0, 0.1) is 5.92 Å². The highest BCUT2D eigenvalue weighted by molar-refractivity contribution is 5.93. The lowest BCUT2D eigenvalue weighted by Gasteiger charge is -2.52. The minimum absolute atomic E-state index is 0.0388. The van der Waals surface area contributed by atoms with Gasteiger partial charge in [-0.1, -0.05) is 61.5 Å². The molecule has 1 heterocycles. The van der Waals surface area contributed by atoms with Crippen LogP contribution in [0.1, 0.15) is 91.5 Å². The Hall–Kier alpha value is -4.24. The fourth-order valence-electron chi connectivity index (χ4n) is 6.98. The van der Waals surface area contributed by atoms with Gasteiger partial charge in [-0.25, -0.2) is 4.79 Å². The summed E-state index contributed by atoms with van der Waals surface area (Å²) in [5.74, 6) is 0.332. The summed E-state index contributed by atoms with van der Waals surface area (Å²) in [4.78, 5) is 42.4. The summed E-state index contributed by atoms with van der Waals surface area (Å²) in [7, 11) is 0. The number of pyridine rings is 1. The number of carbonyl (C=O) groups excluding carboxylic acids is 3. The molecule has 2 aromatic carbocycles. The monoisotopic (exact) mass is 640 g/mol. The van der Waals surface area contributed by atoms with Crippen molar-refractivity contribution in [3.8, 4) is 22.4 Å². The van der Waals surface area contributed by atoms with E-state index in [1.54, 1.807) is 13.1 Å². The Morgan fingerprint density at radius 3 is 2.19 bits per heavy atom. The predicted molar refractivity (Wildman–Crippen MR) is 183 cm³/mol. The van der Waals surface area contributed by atoms with Crippen molar-refractivity contribution in [3.63, 3.8) is 0 Å². The second-order valence-electron chi connectivity index (χ2n) is 14.5. The number of rotatable bonds is 9. The number of benzene rings is 2. The Bertz CT molecular complexity index is 1560. The standard InChI is InChI=1S/C38H48N4O5/c1-6-32(43)40-29-18-12-25(13-19-29)20-33(44)41-30-21-31(26-10-8-7-9-11-26)34(39-22-30)27-14-16-28(17-15-27)38(23-37(5,46)24-38)42-35(45)47-36(2,3)4/h7-11,14-17,21-22,25,29,46H,6,12-13,18-20,23-24H2,1-5H3,(H,40,43)(H,41,44)(H,42,45). The molecule has 5 rings (SSSR count). The van der Waals surface area contributed by atoms with E-state index in [4.69, 9.17) is 9.72 Å². The highest BCUT2D eigenvalue weighted by Gasteiger charge is 2.53. The van der Waals surface area contributed by atoms with Crippen molar-refractivity contribution in [1.29, 1.82) is 0 Å². The zero-order valence-corrected chi connectivity index (χ0v) is 28.2. The minimum atomic E-state index is -0.887. The average molecular weight is 641 g/mol. The third kappa shape index (κ3) is 8.77. The van der Waals surface area contributed by atoms with Crippen LogP contribution in [0.15, 0.2) is 66.9 Å². The number of hydrogen-bond acceptors (Lipinski definition) is 6. The summed E-state index contributed by atoms with van der Waals surface area (Å²) in [5, 5.41) is 19.8. The van der Waals surface area contributed by atoms with E-state index >= 15 is 0 Å². The highest BCUT2D eigenvalue weighted by Crippen LogP contribution is 2.48. The van der Waals surface area contributed by atoms with Crippen molar-refractivity contribution in [2.75, 3.05) is 5.32 Å². The first kappa shape index (κ1) is 34.1. The molecule has 0 atom stereocenters. The number of alkyl carbamates (subject to hydrolysis) is 1. The van der Waals surface area contributed by atoms with E-state index in [0.29, 0.717) is 31.4 Å². The maximum atomic E-state index is 13.1. The number of hydrogen-bond donors (Lipinski definition) is 4. The van der Waals surface area contributed by atoms with Crippen LogP contribution in [0.2, 0.25) is 0 Å². The van der Waals surface area contributed by atoms with Gasteiger partial charge in [0.25, 0.3) is 0 Å². The van der Waals surface area contributed by atoms with Gasteiger partial charge in [0.1, 0.15) is 5.60 Å². The predicted octanol–water partition coefficient (Wildman–Crippen LogP) is 7.09. The smallest absolute Gasteiger partial charge is 0.408 e. The molecule has 9 heteroatoms. The molecule has 2 aliphatic carbocycles. The summed E-state index contributed by atoms with van der Waals surface area (Å²) in [6.07, 6.45) is 6.47. The van der Waals surface area contributed by atoms with Crippen molar-refractivity contribution in [2.24, 2.45) is 5.92 Å². The van der Waals surface area contributed by atoms with Crippen LogP contribution in [-0.2, 0) is 19.9 Å². The molecule has 0 spiro atoms. The van der Waals surface area contributed by atoms with Gasteiger partial charge in [-0.05, 0) is 76.5 Å². The molecular formula is C38H48N4O5. The van der Waals surface area contributed by atoms with Crippen molar-refractivity contribution in [3.05, 3.63) is 72.4 Å². The molecule has 9 nitrogen and oxygen atoms in total. The number of nitrogens with zero attached hydrogens (tertiary/aromatic N) is 1. The molecule has 2 saturated carbocycles. The van der Waals surface area contributed by atoms with E-state index < -0.39 is 22.8 Å². The normalized spacial score (nSPS) is 24.0. The second kappa shape index (κ2) is 13.9. The van der Waals surface area contributed by atoms with Crippen molar-refractivity contribution < 1.29 is 24.2 Å². The molecule has 4 N–H and O–H groups in total. The van der Waals surface area contributed by atoms with Crippen LogP contribution in [0.4, 0.5) is 10.5 Å². The van der Waals surface area contributed by atoms with E-state index in [2.05, 4.69) is 16.0 Å². The van der Waals surface area contributed by atoms with Gasteiger partial charge >= 0.3 is 6.09 Å². The first-order chi connectivity index (χ1) is 22.2. The summed E-state index contributed by atoms with van der Waals surface area (Å²) in [5.41, 5.74) is 2.76. The lowest BCUT2D eigenvalue weighted by atomic mass is 9.62. The lowest BCUT2D eigenvalue weighted by Crippen LogP contribution is -2.62. The van der Waals surface area contributed by atoms with Crippen molar-refractivity contribution in [1.82, 2.24) is 15.6 Å². The number of amides is 3. The van der Waals surface area contributed by atoms with Crippen LogP contribution in [0.5, 0.6) is 0 Å². The van der Waals surface area contributed by atoms with Gasteiger partial charge in [-0.2, -0.15) is 0 Å². The molecule has 0 aliphatic heterocycles. The molecule has 3 aromatic rings. The number of aliphatic hydroxyl groups is 1. The Kier molecular flexibility index (Phi) is 10.1. The summed E-state index contributed by atoms with van der Waals surface area (Å²) in [6.45, 7) is 9.09. The van der Waals surface area contributed by atoms with Crippen LogP contribution >= 0.6 is 0 Å². The molecule has 0 unspecified atom stereocenters. The van der Waals surface area contributed by atoms with Crippen LogP contribution in [-0.4, -0.2) is 45.2 Å². The third-order valence-electron chi connectivity index (χ3n) is 9.08. The van der Waals surface area contributed by atoms with Crippen molar-refractivity contribution >= 4 is 23.6 Å². The maximum Gasteiger partial charge on any atom is 0.408 e. The molecule has 0 radical (unpaired) electrons. The number of anilines is 1. The molecule has 0 saturated heterocycles. The van der Waals surface area contributed by atoms with Gasteiger partial charge in [-0.15, -0.1) is 0 Å². The molecular weight excluding hydrogens is 592 g/mol. The van der Waals surface area contributed by atoms with Gasteiger partial charge in [0.2, 0.25) is 11.8 Å². The van der Waals surface area contributed by atoms with E-state index in [1.165, 1.54) is 0 Å². The largest absolute Gasteiger partial charge is 0.444 e. The topological polar surface area (TPSA) is 130 Å². The SMILES string of the molecule is CCC(=O)NC1CCC(CC(=O)Nc2cnc(-c3ccc(C4(NC(=O)OC(C)(C)C)CC(C)(O)C4)cc3)c(-c3ccccc3)c2)CC1. The van der Waals surface area contributed by atoms with Gasteiger partial charge < -0.3 is 25.8 Å². The van der Waals surface area contributed by atoms with Crippen LogP contribution in [0.25, 0.3) is 22.4 Å². The van der Waals surface area contributed by atoms with E-state index in [-0.39, 0.29) is 23.8 Å². The fourth-order valence-corrected chi connectivity index (χ4v) is 6.98. The molecule has 1 aromatic heterocycles. The van der Waals surface area contributed by atoms with Crippen molar-refractivity contribution in [2.45, 2.75) is 109 Å². The Balaban J connectivity index is 1.32. The first-order valence-corrected chi connectivity index (χ1v) is 16.7. The molecule has 250 valence electrons. The fraction of sp³-hybridized carbons (Fsp3) is 0.474. The molecule has 47 heavy (non-hydrogen) atoms. The Labute approximate surface area is 277 Å². The number of nitrogens with one attached hydrogen (secondary N) is 3. The number of aromatic nitrogens is 1. The van der Waals surface area contributed by atoms with Gasteiger partial charge in [0.05, 0.1) is 28.7 Å². The summed E-state index contributed by atoms with van der Waals surface area (Å²) < 4.78 is 5.53. The Morgan fingerprint density at radius 2 is 1.60 bits per heavy atom. The maximum absolute atomic E-state index is 13.1. The van der Waals surface area contributed by atoms with Gasteiger partial charge in [0, 0.05) is 42.9 Å². The average Bonchev–Trinajstić information content (AvgIpc) is 3.00. The molecule has 3 amide bonds.